The van der Waals surface area contributed by atoms with Gasteiger partial charge in [-0.05, 0) is 31.4 Å². The van der Waals surface area contributed by atoms with Gasteiger partial charge in [-0.25, -0.2) is 0 Å². The van der Waals surface area contributed by atoms with Crippen molar-refractivity contribution in [2.75, 3.05) is 0 Å². The molecule has 0 spiro atoms. The van der Waals surface area contributed by atoms with E-state index in [-0.39, 0.29) is 5.41 Å². The molecule has 2 nitrogen and oxygen atoms in total. The lowest BCUT2D eigenvalue weighted by Gasteiger charge is -2.15. The smallest absolute Gasteiger partial charge is 0.142 e. The summed E-state index contributed by atoms with van der Waals surface area (Å²) in [6.07, 6.45) is 0. The SMILES string of the molecule is Cc1noc(C)c1-c1ccc(C(C)(C)C)s1. The van der Waals surface area contributed by atoms with E-state index in [1.165, 1.54) is 9.75 Å². The van der Waals surface area contributed by atoms with Crippen molar-refractivity contribution in [3.8, 4) is 10.4 Å². The summed E-state index contributed by atoms with van der Waals surface area (Å²) in [5.41, 5.74) is 2.34. The Labute approximate surface area is 100 Å². The lowest BCUT2D eigenvalue weighted by Crippen LogP contribution is -2.07. The molecule has 0 aliphatic rings. The highest BCUT2D eigenvalue weighted by Crippen LogP contribution is 2.37. The third-order valence-corrected chi connectivity index (χ3v) is 4.15. The zero-order chi connectivity index (χ0) is 11.9. The van der Waals surface area contributed by atoms with Crippen LogP contribution in [0.15, 0.2) is 16.7 Å². The van der Waals surface area contributed by atoms with Crippen LogP contribution in [0.25, 0.3) is 10.4 Å². The van der Waals surface area contributed by atoms with E-state index in [1.807, 2.05) is 25.2 Å². The van der Waals surface area contributed by atoms with Crippen LogP contribution < -0.4 is 0 Å². The normalized spacial score (nSPS) is 12.1. The Hall–Kier alpha value is -1.09. The Morgan fingerprint density at radius 1 is 1.19 bits per heavy atom. The van der Waals surface area contributed by atoms with Crippen molar-refractivity contribution >= 4 is 11.3 Å². The van der Waals surface area contributed by atoms with Gasteiger partial charge in [0.2, 0.25) is 0 Å². The molecule has 0 saturated heterocycles. The van der Waals surface area contributed by atoms with Crippen LogP contribution in [0.3, 0.4) is 0 Å². The number of aromatic nitrogens is 1. The van der Waals surface area contributed by atoms with Crippen LogP contribution in [0, 0.1) is 13.8 Å². The lowest BCUT2D eigenvalue weighted by atomic mass is 9.95. The van der Waals surface area contributed by atoms with Crippen LogP contribution in [0.4, 0.5) is 0 Å². The predicted molar refractivity (Wildman–Crippen MR) is 68.0 cm³/mol. The minimum atomic E-state index is 0.210. The summed E-state index contributed by atoms with van der Waals surface area (Å²) in [7, 11) is 0. The molecule has 0 amide bonds. The Kier molecular flexibility index (Phi) is 2.66. The Morgan fingerprint density at radius 2 is 1.88 bits per heavy atom. The molecule has 0 N–H and O–H groups in total. The molecule has 2 aromatic rings. The number of aryl methyl sites for hydroxylation is 2. The van der Waals surface area contributed by atoms with Gasteiger partial charge in [0.15, 0.2) is 0 Å². The predicted octanol–water partition coefficient (Wildman–Crippen LogP) is 4.32. The molecule has 0 unspecified atom stereocenters. The quantitative estimate of drug-likeness (QED) is 0.735. The summed E-state index contributed by atoms with van der Waals surface area (Å²) in [6, 6.07) is 4.36. The highest BCUT2D eigenvalue weighted by molar-refractivity contribution is 7.15. The second-order valence-electron chi connectivity index (χ2n) is 5.11. The Bertz CT molecular complexity index is 483. The molecule has 0 fully saturated rings. The van der Waals surface area contributed by atoms with E-state index >= 15 is 0 Å². The fraction of sp³-hybridized carbons (Fsp3) is 0.462. The van der Waals surface area contributed by atoms with Gasteiger partial charge >= 0.3 is 0 Å². The zero-order valence-electron chi connectivity index (χ0n) is 10.4. The summed E-state index contributed by atoms with van der Waals surface area (Å²) in [5, 5.41) is 4.00. The number of nitrogens with zero attached hydrogens (tertiary/aromatic N) is 1. The maximum Gasteiger partial charge on any atom is 0.142 e. The fourth-order valence-electron chi connectivity index (χ4n) is 1.71. The molecule has 0 atom stereocenters. The molecule has 0 saturated carbocycles. The second-order valence-corrected chi connectivity index (χ2v) is 6.20. The third-order valence-electron chi connectivity index (χ3n) is 2.62. The molecular formula is C13H17NOS. The second kappa shape index (κ2) is 3.74. The van der Waals surface area contributed by atoms with E-state index in [2.05, 4.69) is 38.1 Å². The molecule has 0 radical (unpaired) electrons. The summed E-state index contributed by atoms with van der Waals surface area (Å²) < 4.78 is 5.20. The van der Waals surface area contributed by atoms with Crippen molar-refractivity contribution in [2.24, 2.45) is 0 Å². The van der Waals surface area contributed by atoms with Crippen LogP contribution in [-0.2, 0) is 5.41 Å². The number of hydrogen-bond acceptors (Lipinski definition) is 3. The Morgan fingerprint density at radius 3 is 2.31 bits per heavy atom. The molecule has 0 bridgehead atoms. The van der Waals surface area contributed by atoms with Crippen LogP contribution in [-0.4, -0.2) is 5.16 Å². The van der Waals surface area contributed by atoms with Crippen LogP contribution in [0.2, 0.25) is 0 Å². The first-order valence-electron chi connectivity index (χ1n) is 5.43. The van der Waals surface area contributed by atoms with E-state index in [1.54, 1.807) is 0 Å². The first kappa shape index (κ1) is 11.4. The van der Waals surface area contributed by atoms with E-state index < -0.39 is 0 Å². The number of hydrogen-bond donors (Lipinski definition) is 0. The van der Waals surface area contributed by atoms with Gasteiger partial charge in [0.05, 0.1) is 11.3 Å². The molecule has 2 heterocycles. The maximum absolute atomic E-state index is 5.20. The Balaban J connectivity index is 2.47. The van der Waals surface area contributed by atoms with Gasteiger partial charge in [0.25, 0.3) is 0 Å². The summed E-state index contributed by atoms with van der Waals surface area (Å²) in [5.74, 6) is 0.903. The molecule has 0 aliphatic carbocycles. The fourth-order valence-corrected chi connectivity index (χ4v) is 2.92. The number of rotatable bonds is 1. The summed E-state index contributed by atoms with van der Waals surface area (Å²) in [4.78, 5) is 2.64. The monoisotopic (exact) mass is 235 g/mol. The van der Waals surface area contributed by atoms with Crippen molar-refractivity contribution in [2.45, 2.75) is 40.0 Å². The van der Waals surface area contributed by atoms with Crippen molar-refractivity contribution in [3.63, 3.8) is 0 Å². The van der Waals surface area contributed by atoms with Gasteiger partial charge in [-0.1, -0.05) is 25.9 Å². The molecule has 86 valence electrons. The van der Waals surface area contributed by atoms with E-state index in [4.69, 9.17) is 4.52 Å². The molecule has 0 aromatic carbocycles. The van der Waals surface area contributed by atoms with E-state index in [0.717, 1.165) is 17.0 Å². The van der Waals surface area contributed by atoms with E-state index in [9.17, 15) is 0 Å². The third kappa shape index (κ3) is 1.92. The van der Waals surface area contributed by atoms with Gasteiger partial charge in [0, 0.05) is 9.75 Å². The highest BCUT2D eigenvalue weighted by Gasteiger charge is 2.19. The van der Waals surface area contributed by atoms with Crippen molar-refractivity contribution in [1.29, 1.82) is 0 Å². The maximum atomic E-state index is 5.20. The minimum Gasteiger partial charge on any atom is -0.361 e. The van der Waals surface area contributed by atoms with Gasteiger partial charge < -0.3 is 4.52 Å². The van der Waals surface area contributed by atoms with Crippen LogP contribution >= 0.6 is 11.3 Å². The molecule has 2 rings (SSSR count). The lowest BCUT2D eigenvalue weighted by molar-refractivity contribution is 0.393. The van der Waals surface area contributed by atoms with Gasteiger partial charge in [-0.2, -0.15) is 0 Å². The average molecular weight is 235 g/mol. The van der Waals surface area contributed by atoms with Crippen LogP contribution in [0.5, 0.6) is 0 Å². The van der Waals surface area contributed by atoms with Gasteiger partial charge in [-0.15, -0.1) is 11.3 Å². The van der Waals surface area contributed by atoms with Crippen molar-refractivity contribution in [1.82, 2.24) is 5.16 Å². The highest BCUT2D eigenvalue weighted by atomic mass is 32.1. The summed E-state index contributed by atoms with van der Waals surface area (Å²) in [6.45, 7) is 10.6. The minimum absolute atomic E-state index is 0.210. The standard InChI is InChI=1S/C13H17NOS/c1-8-12(9(2)15-14-8)10-6-7-11(16-10)13(3,4)5/h6-7H,1-5H3. The summed E-state index contributed by atoms with van der Waals surface area (Å²) >= 11 is 1.83. The largest absolute Gasteiger partial charge is 0.361 e. The van der Waals surface area contributed by atoms with Gasteiger partial charge in [-0.3, -0.25) is 0 Å². The molecular weight excluding hydrogens is 218 g/mol. The van der Waals surface area contributed by atoms with E-state index in [0.29, 0.717) is 0 Å². The topological polar surface area (TPSA) is 26.0 Å². The van der Waals surface area contributed by atoms with Crippen LogP contribution in [0.1, 0.15) is 37.1 Å². The average Bonchev–Trinajstić information content (AvgIpc) is 2.72. The van der Waals surface area contributed by atoms with Gasteiger partial charge in [0.1, 0.15) is 5.76 Å². The molecule has 0 aliphatic heterocycles. The zero-order valence-corrected chi connectivity index (χ0v) is 11.2. The first-order chi connectivity index (χ1) is 7.39. The van der Waals surface area contributed by atoms with Crippen molar-refractivity contribution in [3.05, 3.63) is 28.5 Å². The molecule has 2 aromatic heterocycles. The molecule has 3 heteroatoms. The van der Waals surface area contributed by atoms with Crippen molar-refractivity contribution < 1.29 is 4.52 Å². The number of thiophene rings is 1. The first-order valence-corrected chi connectivity index (χ1v) is 6.25. The molecule has 16 heavy (non-hydrogen) atoms.